The number of amides is 1. The van der Waals surface area contributed by atoms with Crippen molar-refractivity contribution in [2.24, 2.45) is 0 Å². The van der Waals surface area contributed by atoms with Gasteiger partial charge in [0.15, 0.2) is 11.2 Å². The highest BCUT2D eigenvalue weighted by atomic mass is 16.3. The Morgan fingerprint density at radius 3 is 2.75 bits per heavy atom. The summed E-state index contributed by atoms with van der Waals surface area (Å²) >= 11 is 0. The Morgan fingerprint density at radius 1 is 1.35 bits per heavy atom. The molecule has 1 aromatic carbocycles. The van der Waals surface area contributed by atoms with Gasteiger partial charge in [0.2, 0.25) is 0 Å². The number of aliphatic hydroxyl groups excluding tert-OH is 1. The Labute approximate surface area is 116 Å². The van der Waals surface area contributed by atoms with E-state index in [9.17, 15) is 9.59 Å². The van der Waals surface area contributed by atoms with Crippen LogP contribution in [0.5, 0.6) is 0 Å². The monoisotopic (exact) mass is 275 g/mol. The zero-order chi connectivity index (χ0) is 14.8. The van der Waals surface area contributed by atoms with Crippen LogP contribution < -0.4 is 10.7 Å². The minimum absolute atomic E-state index is 0.0280. The summed E-state index contributed by atoms with van der Waals surface area (Å²) in [6.45, 7) is 3.55. The van der Waals surface area contributed by atoms with E-state index in [1.165, 1.54) is 6.07 Å². The Balaban J connectivity index is 2.34. The van der Waals surface area contributed by atoms with E-state index >= 15 is 0 Å². The van der Waals surface area contributed by atoms with Gasteiger partial charge < -0.3 is 14.8 Å². The molecule has 0 saturated heterocycles. The van der Waals surface area contributed by atoms with Crippen molar-refractivity contribution in [3.8, 4) is 0 Å². The van der Waals surface area contributed by atoms with Crippen molar-refractivity contribution in [3.05, 3.63) is 46.3 Å². The molecule has 0 aliphatic rings. The molecule has 106 valence electrons. The molecule has 2 rings (SSSR count). The van der Waals surface area contributed by atoms with Crippen LogP contribution in [-0.2, 0) is 0 Å². The zero-order valence-corrected chi connectivity index (χ0v) is 11.5. The number of hydrogen-bond donors (Lipinski definition) is 2. The van der Waals surface area contributed by atoms with Gasteiger partial charge in [0.25, 0.3) is 5.91 Å². The smallest absolute Gasteiger partial charge is 0.287 e. The van der Waals surface area contributed by atoms with Gasteiger partial charge in [-0.25, -0.2) is 0 Å². The molecule has 0 aliphatic carbocycles. The number of rotatable bonds is 4. The fraction of sp³-hybridized carbons (Fsp3) is 0.333. The van der Waals surface area contributed by atoms with Crippen molar-refractivity contribution in [1.29, 1.82) is 0 Å². The fourth-order valence-electron chi connectivity index (χ4n) is 1.93. The van der Waals surface area contributed by atoms with Crippen LogP contribution in [0.3, 0.4) is 0 Å². The van der Waals surface area contributed by atoms with E-state index in [4.69, 9.17) is 9.52 Å². The van der Waals surface area contributed by atoms with E-state index in [2.05, 4.69) is 5.32 Å². The number of nitrogens with one attached hydrogen (secondary N) is 1. The first-order chi connectivity index (χ1) is 9.43. The van der Waals surface area contributed by atoms with Gasteiger partial charge in [0.1, 0.15) is 5.58 Å². The largest absolute Gasteiger partial charge is 0.451 e. The molecule has 1 heterocycles. The van der Waals surface area contributed by atoms with E-state index in [0.29, 0.717) is 17.4 Å². The molecule has 0 radical (unpaired) electrons. The summed E-state index contributed by atoms with van der Waals surface area (Å²) in [5, 5.41) is 12.1. The number of aliphatic hydroxyl groups is 1. The van der Waals surface area contributed by atoms with E-state index in [0.717, 1.165) is 0 Å². The Morgan fingerprint density at radius 2 is 2.05 bits per heavy atom. The third kappa shape index (κ3) is 3.05. The van der Waals surface area contributed by atoms with Gasteiger partial charge in [-0.05, 0) is 32.4 Å². The van der Waals surface area contributed by atoms with Crippen molar-refractivity contribution in [2.75, 3.05) is 6.61 Å². The standard InChI is InChI=1S/C15H17NO4/c1-15(2,7-8-17)16-14(19)13-9-11(18)10-5-3-4-6-12(10)20-13/h3-6,9,17H,7-8H2,1-2H3,(H,16,19). The number of carbonyl (C=O) groups excluding carboxylic acids is 1. The maximum Gasteiger partial charge on any atom is 0.287 e. The van der Waals surface area contributed by atoms with Gasteiger partial charge in [-0.15, -0.1) is 0 Å². The zero-order valence-electron chi connectivity index (χ0n) is 11.5. The summed E-state index contributed by atoms with van der Waals surface area (Å²) < 4.78 is 5.45. The summed E-state index contributed by atoms with van der Waals surface area (Å²) in [5.41, 5.74) is -0.446. The summed E-state index contributed by atoms with van der Waals surface area (Å²) in [4.78, 5) is 24.0. The molecule has 0 bridgehead atoms. The van der Waals surface area contributed by atoms with Crippen LogP contribution >= 0.6 is 0 Å². The molecule has 1 aromatic heterocycles. The number of carbonyl (C=O) groups is 1. The van der Waals surface area contributed by atoms with Gasteiger partial charge in [0.05, 0.1) is 5.39 Å². The van der Waals surface area contributed by atoms with Gasteiger partial charge in [-0.2, -0.15) is 0 Å². The molecule has 0 spiro atoms. The predicted octanol–water partition coefficient (Wildman–Crippen LogP) is 1.68. The van der Waals surface area contributed by atoms with Crippen molar-refractivity contribution in [3.63, 3.8) is 0 Å². The second-order valence-corrected chi connectivity index (χ2v) is 5.28. The molecule has 0 aliphatic heterocycles. The van der Waals surface area contributed by atoms with Crippen LogP contribution in [0.4, 0.5) is 0 Å². The van der Waals surface area contributed by atoms with Crippen molar-refractivity contribution in [1.82, 2.24) is 5.32 Å². The highest BCUT2D eigenvalue weighted by Gasteiger charge is 2.22. The molecule has 2 N–H and O–H groups in total. The van der Waals surface area contributed by atoms with Crippen molar-refractivity contribution >= 4 is 16.9 Å². The number of fused-ring (bicyclic) bond motifs is 1. The highest BCUT2D eigenvalue weighted by Crippen LogP contribution is 2.13. The molecule has 0 atom stereocenters. The second-order valence-electron chi connectivity index (χ2n) is 5.28. The first kappa shape index (κ1) is 14.3. The molecule has 20 heavy (non-hydrogen) atoms. The van der Waals surface area contributed by atoms with Gasteiger partial charge in [-0.1, -0.05) is 12.1 Å². The predicted molar refractivity (Wildman–Crippen MR) is 75.7 cm³/mol. The Kier molecular flexibility index (Phi) is 3.90. The second kappa shape index (κ2) is 5.46. The number of benzene rings is 1. The van der Waals surface area contributed by atoms with E-state index in [-0.39, 0.29) is 17.8 Å². The number of hydrogen-bond acceptors (Lipinski definition) is 4. The van der Waals surface area contributed by atoms with E-state index in [1.54, 1.807) is 38.1 Å². The Hall–Kier alpha value is -2.14. The first-order valence-electron chi connectivity index (χ1n) is 6.39. The maximum atomic E-state index is 12.1. The third-order valence-corrected chi connectivity index (χ3v) is 3.05. The summed E-state index contributed by atoms with van der Waals surface area (Å²) in [7, 11) is 0. The van der Waals surface area contributed by atoms with Crippen LogP contribution in [0.1, 0.15) is 30.8 Å². The fourth-order valence-corrected chi connectivity index (χ4v) is 1.93. The summed E-state index contributed by atoms with van der Waals surface area (Å²) in [6, 6.07) is 7.96. The highest BCUT2D eigenvalue weighted by molar-refractivity contribution is 5.93. The minimum Gasteiger partial charge on any atom is -0.451 e. The van der Waals surface area contributed by atoms with Crippen LogP contribution in [0.25, 0.3) is 11.0 Å². The number of para-hydroxylation sites is 1. The summed E-state index contributed by atoms with van der Waals surface area (Å²) in [5.74, 6) is -0.494. The third-order valence-electron chi connectivity index (χ3n) is 3.05. The summed E-state index contributed by atoms with van der Waals surface area (Å²) in [6.07, 6.45) is 0.413. The lowest BCUT2D eigenvalue weighted by Crippen LogP contribution is -2.44. The normalized spacial score (nSPS) is 11.6. The minimum atomic E-state index is -0.573. The van der Waals surface area contributed by atoms with Gasteiger partial charge in [-0.3, -0.25) is 9.59 Å². The lowest BCUT2D eigenvalue weighted by Gasteiger charge is -2.24. The molecule has 0 saturated carbocycles. The average molecular weight is 275 g/mol. The molecule has 0 unspecified atom stereocenters. The molecule has 1 amide bonds. The quantitative estimate of drug-likeness (QED) is 0.889. The van der Waals surface area contributed by atoms with Gasteiger partial charge in [0, 0.05) is 18.2 Å². The van der Waals surface area contributed by atoms with E-state index in [1.807, 2.05) is 0 Å². The maximum absolute atomic E-state index is 12.1. The van der Waals surface area contributed by atoms with Crippen LogP contribution in [0.2, 0.25) is 0 Å². The molecule has 0 fully saturated rings. The first-order valence-corrected chi connectivity index (χ1v) is 6.39. The van der Waals surface area contributed by atoms with Crippen LogP contribution in [-0.4, -0.2) is 23.2 Å². The molecule has 5 nitrogen and oxygen atoms in total. The molecule has 2 aromatic rings. The van der Waals surface area contributed by atoms with E-state index < -0.39 is 11.4 Å². The van der Waals surface area contributed by atoms with Crippen molar-refractivity contribution in [2.45, 2.75) is 25.8 Å². The SMILES string of the molecule is CC(C)(CCO)NC(=O)c1cc(=O)c2ccccc2o1. The molecular formula is C15H17NO4. The Bertz CT molecular complexity index is 688. The van der Waals surface area contributed by atoms with Gasteiger partial charge >= 0.3 is 0 Å². The van der Waals surface area contributed by atoms with Crippen molar-refractivity contribution < 1.29 is 14.3 Å². The van der Waals surface area contributed by atoms with Crippen LogP contribution in [0, 0.1) is 0 Å². The molecular weight excluding hydrogens is 258 g/mol. The average Bonchev–Trinajstić information content (AvgIpc) is 2.38. The lowest BCUT2D eigenvalue weighted by atomic mass is 10.0. The molecule has 5 heteroatoms. The lowest BCUT2D eigenvalue weighted by molar-refractivity contribution is 0.0871. The van der Waals surface area contributed by atoms with Crippen LogP contribution in [0.15, 0.2) is 39.5 Å². The topological polar surface area (TPSA) is 79.5 Å².